The highest BCUT2D eigenvalue weighted by atomic mass is 32.2. The van der Waals surface area contributed by atoms with Crippen LogP contribution in [-0.4, -0.2) is 34.0 Å². The number of hydrogen-bond donors (Lipinski definition) is 1. The number of rotatable bonds is 6. The van der Waals surface area contributed by atoms with Gasteiger partial charge in [0, 0.05) is 25.3 Å². The highest BCUT2D eigenvalue weighted by molar-refractivity contribution is 8.00. The number of nitrogens with one attached hydrogen (secondary N) is 1. The molecule has 1 aliphatic heterocycles. The fraction of sp³-hybridized carbons (Fsp3) is 0.400. The molecule has 5 nitrogen and oxygen atoms in total. The van der Waals surface area contributed by atoms with Gasteiger partial charge in [0.1, 0.15) is 10.7 Å². The van der Waals surface area contributed by atoms with Gasteiger partial charge < -0.3 is 4.74 Å². The predicted molar refractivity (Wildman–Crippen MR) is 84.5 cm³/mol. The molecule has 0 spiro atoms. The van der Waals surface area contributed by atoms with E-state index in [1.807, 2.05) is 25.1 Å². The SMILES string of the molecule is CCOCCCN=C1NS(=O)(=O)C(c2ccccc2)=C1C. The van der Waals surface area contributed by atoms with Crippen molar-refractivity contribution in [1.82, 2.24) is 4.72 Å². The van der Waals surface area contributed by atoms with Gasteiger partial charge in [0.15, 0.2) is 0 Å². The smallest absolute Gasteiger partial charge is 0.264 e. The summed E-state index contributed by atoms with van der Waals surface area (Å²) in [6, 6.07) is 9.08. The fourth-order valence-electron chi connectivity index (χ4n) is 2.18. The van der Waals surface area contributed by atoms with Gasteiger partial charge in [-0.3, -0.25) is 9.71 Å². The van der Waals surface area contributed by atoms with E-state index in [0.717, 1.165) is 6.42 Å². The van der Waals surface area contributed by atoms with E-state index in [2.05, 4.69) is 9.71 Å². The van der Waals surface area contributed by atoms with E-state index in [-0.39, 0.29) is 0 Å². The van der Waals surface area contributed by atoms with E-state index in [4.69, 9.17) is 4.74 Å². The Hall–Kier alpha value is -1.66. The Morgan fingerprint density at radius 3 is 2.62 bits per heavy atom. The van der Waals surface area contributed by atoms with Gasteiger partial charge in [-0.1, -0.05) is 30.3 Å². The van der Waals surface area contributed by atoms with Crippen LogP contribution in [0, 0.1) is 0 Å². The van der Waals surface area contributed by atoms with Crippen LogP contribution in [0.2, 0.25) is 0 Å². The Kier molecular flexibility index (Phi) is 5.14. The van der Waals surface area contributed by atoms with E-state index in [0.29, 0.717) is 41.6 Å². The first-order chi connectivity index (χ1) is 10.1. The van der Waals surface area contributed by atoms with Crippen molar-refractivity contribution >= 4 is 20.8 Å². The first kappa shape index (κ1) is 15.7. The summed E-state index contributed by atoms with van der Waals surface area (Å²) in [6.07, 6.45) is 0.771. The lowest BCUT2D eigenvalue weighted by atomic mass is 10.1. The Labute approximate surface area is 125 Å². The quantitative estimate of drug-likeness (QED) is 0.819. The maximum atomic E-state index is 12.2. The molecule has 0 fully saturated rings. The van der Waals surface area contributed by atoms with Crippen molar-refractivity contribution in [3.63, 3.8) is 0 Å². The van der Waals surface area contributed by atoms with Crippen molar-refractivity contribution in [2.45, 2.75) is 20.3 Å². The fourth-order valence-corrected chi connectivity index (χ4v) is 3.70. The summed E-state index contributed by atoms with van der Waals surface area (Å²) < 4.78 is 32.3. The summed E-state index contributed by atoms with van der Waals surface area (Å²) in [5, 5.41) is 0. The van der Waals surface area contributed by atoms with Crippen LogP contribution in [0.4, 0.5) is 0 Å². The zero-order valence-electron chi connectivity index (χ0n) is 12.3. The van der Waals surface area contributed by atoms with Gasteiger partial charge in [0.25, 0.3) is 10.0 Å². The lowest BCUT2D eigenvalue weighted by molar-refractivity contribution is 0.146. The summed E-state index contributed by atoms with van der Waals surface area (Å²) in [6.45, 7) is 5.57. The number of aliphatic imine (C=N–C) groups is 1. The number of sulfonamides is 1. The number of benzene rings is 1. The third-order valence-corrected chi connectivity index (χ3v) is 4.69. The summed E-state index contributed by atoms with van der Waals surface area (Å²) in [4.78, 5) is 4.65. The topological polar surface area (TPSA) is 67.8 Å². The minimum atomic E-state index is -3.52. The molecule has 21 heavy (non-hydrogen) atoms. The van der Waals surface area contributed by atoms with Gasteiger partial charge in [0.2, 0.25) is 0 Å². The van der Waals surface area contributed by atoms with Crippen molar-refractivity contribution < 1.29 is 13.2 Å². The number of hydrogen-bond acceptors (Lipinski definition) is 4. The van der Waals surface area contributed by atoms with E-state index in [1.165, 1.54) is 0 Å². The molecule has 1 aromatic carbocycles. The zero-order valence-corrected chi connectivity index (χ0v) is 13.1. The van der Waals surface area contributed by atoms with Crippen LogP contribution >= 0.6 is 0 Å². The van der Waals surface area contributed by atoms with Crippen LogP contribution in [0.5, 0.6) is 0 Å². The van der Waals surface area contributed by atoms with Gasteiger partial charge in [-0.05, 0) is 25.8 Å². The molecule has 0 amide bonds. The van der Waals surface area contributed by atoms with E-state index >= 15 is 0 Å². The van der Waals surface area contributed by atoms with Crippen molar-refractivity contribution in [2.24, 2.45) is 4.99 Å². The Bertz CT molecular complexity index is 649. The van der Waals surface area contributed by atoms with E-state index < -0.39 is 10.0 Å². The minimum absolute atomic E-state index is 0.312. The van der Waals surface area contributed by atoms with Crippen molar-refractivity contribution in [1.29, 1.82) is 0 Å². The second kappa shape index (κ2) is 6.87. The molecule has 1 aliphatic rings. The van der Waals surface area contributed by atoms with Crippen LogP contribution in [-0.2, 0) is 14.8 Å². The van der Waals surface area contributed by atoms with Gasteiger partial charge in [-0.15, -0.1) is 0 Å². The lowest BCUT2D eigenvalue weighted by Gasteiger charge is -2.02. The monoisotopic (exact) mass is 308 g/mol. The predicted octanol–water partition coefficient (Wildman–Crippen LogP) is 2.18. The average molecular weight is 308 g/mol. The van der Waals surface area contributed by atoms with Crippen molar-refractivity contribution in [3.05, 3.63) is 41.5 Å². The van der Waals surface area contributed by atoms with Gasteiger partial charge in [-0.2, -0.15) is 0 Å². The molecule has 0 saturated heterocycles. The van der Waals surface area contributed by atoms with Crippen molar-refractivity contribution in [2.75, 3.05) is 19.8 Å². The van der Waals surface area contributed by atoms with Gasteiger partial charge in [-0.25, -0.2) is 8.42 Å². The average Bonchev–Trinajstić information content (AvgIpc) is 2.69. The highest BCUT2D eigenvalue weighted by Gasteiger charge is 2.32. The maximum Gasteiger partial charge on any atom is 0.264 e. The molecule has 0 unspecified atom stereocenters. The molecular weight excluding hydrogens is 288 g/mol. The molecule has 0 aliphatic carbocycles. The lowest BCUT2D eigenvalue weighted by Crippen LogP contribution is -2.23. The second-order valence-corrected chi connectivity index (χ2v) is 6.33. The number of amidine groups is 1. The largest absolute Gasteiger partial charge is 0.382 e. The highest BCUT2D eigenvalue weighted by Crippen LogP contribution is 2.29. The van der Waals surface area contributed by atoms with Crippen LogP contribution < -0.4 is 4.72 Å². The summed E-state index contributed by atoms with van der Waals surface area (Å²) in [5.41, 5.74) is 1.35. The number of ether oxygens (including phenoxy) is 1. The molecule has 0 saturated carbocycles. The molecule has 2 rings (SSSR count). The zero-order chi connectivity index (χ0) is 15.3. The molecular formula is C15H20N2O3S. The molecule has 1 heterocycles. The minimum Gasteiger partial charge on any atom is -0.382 e. The standard InChI is InChI=1S/C15H20N2O3S/c1-3-20-11-7-10-16-15-12(2)14(21(18,19)17-15)13-8-5-4-6-9-13/h4-6,8-9H,3,7,10-11H2,1-2H3,(H,16,17). The Balaban J connectivity index is 2.20. The third kappa shape index (κ3) is 3.71. The molecule has 0 aromatic heterocycles. The second-order valence-electron chi connectivity index (χ2n) is 4.71. The van der Waals surface area contributed by atoms with Crippen LogP contribution in [0.3, 0.4) is 0 Å². The summed E-state index contributed by atoms with van der Waals surface area (Å²) in [7, 11) is -3.52. The van der Waals surface area contributed by atoms with E-state index in [1.54, 1.807) is 19.1 Å². The molecule has 0 radical (unpaired) electrons. The summed E-state index contributed by atoms with van der Waals surface area (Å²) in [5.74, 6) is 0.436. The Morgan fingerprint density at radius 2 is 1.95 bits per heavy atom. The van der Waals surface area contributed by atoms with Crippen LogP contribution in [0.15, 0.2) is 40.9 Å². The van der Waals surface area contributed by atoms with Gasteiger partial charge >= 0.3 is 0 Å². The maximum absolute atomic E-state index is 12.2. The first-order valence-corrected chi connectivity index (χ1v) is 8.46. The molecule has 6 heteroatoms. The normalized spacial score (nSPS) is 19.0. The van der Waals surface area contributed by atoms with Gasteiger partial charge in [0.05, 0.1) is 0 Å². The van der Waals surface area contributed by atoms with Crippen molar-refractivity contribution in [3.8, 4) is 0 Å². The molecule has 0 atom stereocenters. The molecule has 0 bridgehead atoms. The van der Waals surface area contributed by atoms with Crippen LogP contribution in [0.1, 0.15) is 25.8 Å². The summed E-state index contributed by atoms with van der Waals surface area (Å²) >= 11 is 0. The first-order valence-electron chi connectivity index (χ1n) is 6.98. The number of nitrogens with zero attached hydrogens (tertiary/aromatic N) is 1. The molecule has 1 aromatic rings. The third-order valence-electron chi connectivity index (χ3n) is 3.15. The molecule has 1 N–H and O–H groups in total. The van der Waals surface area contributed by atoms with E-state index in [9.17, 15) is 8.42 Å². The van der Waals surface area contributed by atoms with Crippen LogP contribution in [0.25, 0.3) is 4.91 Å². The Morgan fingerprint density at radius 1 is 1.24 bits per heavy atom. The molecule has 114 valence electrons.